The third kappa shape index (κ3) is 4.55. The summed E-state index contributed by atoms with van der Waals surface area (Å²) < 4.78 is 9.04. The van der Waals surface area contributed by atoms with Crippen molar-refractivity contribution in [3.8, 4) is 0 Å². The van der Waals surface area contributed by atoms with Crippen molar-refractivity contribution in [1.29, 1.82) is 0 Å². The Balaban J connectivity index is 2.72. The lowest BCUT2D eigenvalue weighted by Crippen LogP contribution is -2.51. The van der Waals surface area contributed by atoms with Gasteiger partial charge in [-0.1, -0.05) is 6.92 Å². The number of carbonyl (C=O) groups is 1. The van der Waals surface area contributed by atoms with E-state index in [4.69, 9.17) is 4.74 Å². The van der Waals surface area contributed by atoms with Gasteiger partial charge in [0.2, 0.25) is 0 Å². The van der Waals surface area contributed by atoms with Crippen molar-refractivity contribution in [3.05, 3.63) is 13.7 Å². The van der Waals surface area contributed by atoms with Crippen LogP contribution in [0.3, 0.4) is 0 Å². The molecule has 1 N–H and O–H groups in total. The van der Waals surface area contributed by atoms with Gasteiger partial charge in [0.05, 0.1) is 13.4 Å². The molecule has 0 aromatic carbocycles. The van der Waals surface area contributed by atoms with Crippen molar-refractivity contribution in [2.45, 2.75) is 38.8 Å². The molecule has 1 aromatic heterocycles. The zero-order chi connectivity index (χ0) is 14.5. The normalized spacial score (nSPS) is 14.2. The maximum atomic E-state index is 11.9. The molecule has 0 amide bonds. The first-order chi connectivity index (χ1) is 8.94. The first-order valence-corrected chi connectivity index (χ1v) is 8.30. The number of carbonyl (C=O) groups excluding carboxylic acids is 1. The van der Waals surface area contributed by atoms with Crippen molar-refractivity contribution in [3.63, 3.8) is 0 Å². The molecule has 0 saturated heterocycles. The lowest BCUT2D eigenvalue weighted by Gasteiger charge is -2.28. The van der Waals surface area contributed by atoms with Crippen LogP contribution in [0.15, 0.2) is 6.33 Å². The Morgan fingerprint density at radius 2 is 2.26 bits per heavy atom. The number of methoxy groups -OCH3 is 1. The molecule has 1 atom stereocenters. The summed E-state index contributed by atoms with van der Waals surface area (Å²) in [5.74, 6) is -0.217. The van der Waals surface area contributed by atoms with Crippen LogP contribution in [0.4, 0.5) is 0 Å². The number of rotatable bonds is 7. The second kappa shape index (κ2) is 7.77. The van der Waals surface area contributed by atoms with Crippen LogP contribution in [0.25, 0.3) is 0 Å². The second-order valence-corrected chi connectivity index (χ2v) is 6.56. The van der Waals surface area contributed by atoms with E-state index in [1.165, 1.54) is 7.11 Å². The van der Waals surface area contributed by atoms with E-state index in [0.29, 0.717) is 6.42 Å². The van der Waals surface area contributed by atoms with Crippen molar-refractivity contribution in [2.75, 3.05) is 13.7 Å². The average Bonchev–Trinajstić information content (AvgIpc) is 2.73. The average molecular weight is 491 g/mol. The summed E-state index contributed by atoms with van der Waals surface area (Å²) in [5, 5.41) is 3.28. The number of ether oxygens (including phenoxy) is 1. The summed E-state index contributed by atoms with van der Waals surface area (Å²) in [4.78, 5) is 16.2. The molecular weight excluding hydrogens is 472 g/mol. The van der Waals surface area contributed by atoms with E-state index in [2.05, 4.69) is 67.0 Å². The number of hydrogen-bond donors (Lipinski definition) is 1. The lowest BCUT2D eigenvalue weighted by molar-refractivity contribution is -0.148. The van der Waals surface area contributed by atoms with E-state index in [1.807, 2.05) is 6.92 Å². The maximum absolute atomic E-state index is 11.9. The Kier molecular flexibility index (Phi) is 7.01. The molecule has 0 aliphatic rings. The number of imidazole rings is 1. The van der Waals surface area contributed by atoms with Gasteiger partial charge in [-0.05, 0) is 71.5 Å². The summed E-state index contributed by atoms with van der Waals surface area (Å²) in [6.45, 7) is 5.50. The number of nitrogens with zero attached hydrogens (tertiary/aromatic N) is 2. The SMILES string of the molecule is CCCNC(C)(CCn1cnc(I)c1I)C(=O)OC. The molecule has 19 heavy (non-hydrogen) atoms. The number of nitrogens with one attached hydrogen (secondary N) is 1. The van der Waals surface area contributed by atoms with Gasteiger partial charge in [-0.25, -0.2) is 4.98 Å². The van der Waals surface area contributed by atoms with Gasteiger partial charge in [0.1, 0.15) is 12.9 Å². The highest BCUT2D eigenvalue weighted by molar-refractivity contribution is 14.1. The number of aromatic nitrogens is 2. The summed E-state index contributed by atoms with van der Waals surface area (Å²) in [7, 11) is 1.43. The van der Waals surface area contributed by atoms with Gasteiger partial charge in [-0.2, -0.15) is 0 Å². The van der Waals surface area contributed by atoms with E-state index >= 15 is 0 Å². The van der Waals surface area contributed by atoms with Gasteiger partial charge in [-0.15, -0.1) is 0 Å². The van der Waals surface area contributed by atoms with Gasteiger partial charge >= 0.3 is 5.97 Å². The topological polar surface area (TPSA) is 56.2 Å². The lowest BCUT2D eigenvalue weighted by atomic mass is 9.97. The summed E-state index contributed by atoms with van der Waals surface area (Å²) in [5.41, 5.74) is -0.649. The largest absolute Gasteiger partial charge is 0.468 e. The minimum atomic E-state index is -0.649. The molecule has 1 rings (SSSR count). The minimum Gasteiger partial charge on any atom is -0.468 e. The Bertz CT molecular complexity index is 437. The molecule has 0 spiro atoms. The van der Waals surface area contributed by atoms with E-state index in [1.54, 1.807) is 6.33 Å². The molecule has 0 bridgehead atoms. The minimum absolute atomic E-state index is 0.217. The van der Waals surface area contributed by atoms with Gasteiger partial charge in [-0.3, -0.25) is 4.79 Å². The third-order valence-corrected chi connectivity index (χ3v) is 5.94. The molecule has 7 heteroatoms. The van der Waals surface area contributed by atoms with Crippen LogP contribution in [0, 0.1) is 7.40 Å². The Labute approximate surface area is 141 Å². The number of aryl methyl sites for hydroxylation is 1. The smallest absolute Gasteiger partial charge is 0.325 e. The zero-order valence-electron chi connectivity index (χ0n) is 11.4. The van der Waals surface area contributed by atoms with Crippen LogP contribution in [0.1, 0.15) is 26.7 Å². The van der Waals surface area contributed by atoms with Crippen molar-refractivity contribution in [2.24, 2.45) is 0 Å². The number of halogens is 2. The zero-order valence-corrected chi connectivity index (χ0v) is 15.7. The van der Waals surface area contributed by atoms with Crippen LogP contribution in [0.2, 0.25) is 0 Å². The van der Waals surface area contributed by atoms with Crippen molar-refractivity contribution in [1.82, 2.24) is 14.9 Å². The van der Waals surface area contributed by atoms with Crippen LogP contribution in [-0.4, -0.2) is 34.7 Å². The molecule has 108 valence electrons. The molecule has 0 aliphatic heterocycles. The van der Waals surface area contributed by atoms with Crippen LogP contribution in [0.5, 0.6) is 0 Å². The molecule has 0 radical (unpaired) electrons. The molecule has 0 fully saturated rings. The first-order valence-electron chi connectivity index (χ1n) is 6.14. The van der Waals surface area contributed by atoms with Gasteiger partial charge in [0, 0.05) is 6.54 Å². The fourth-order valence-corrected chi connectivity index (χ4v) is 2.67. The first kappa shape index (κ1) is 17.2. The maximum Gasteiger partial charge on any atom is 0.325 e. The molecule has 1 aromatic rings. The van der Waals surface area contributed by atoms with E-state index < -0.39 is 5.54 Å². The third-order valence-electron chi connectivity index (χ3n) is 2.99. The molecule has 0 aliphatic carbocycles. The summed E-state index contributed by atoms with van der Waals surface area (Å²) >= 11 is 4.47. The van der Waals surface area contributed by atoms with Gasteiger partial charge in [0.25, 0.3) is 0 Å². The van der Waals surface area contributed by atoms with Crippen LogP contribution < -0.4 is 5.32 Å². The predicted molar refractivity (Wildman–Crippen MR) is 91.0 cm³/mol. The summed E-state index contributed by atoms with van der Waals surface area (Å²) in [6, 6.07) is 0. The number of esters is 1. The fraction of sp³-hybridized carbons (Fsp3) is 0.667. The Morgan fingerprint density at radius 1 is 1.58 bits per heavy atom. The Morgan fingerprint density at radius 3 is 2.74 bits per heavy atom. The van der Waals surface area contributed by atoms with Crippen molar-refractivity contribution >= 4 is 51.2 Å². The van der Waals surface area contributed by atoms with Gasteiger partial charge in [0.15, 0.2) is 0 Å². The van der Waals surface area contributed by atoms with Crippen molar-refractivity contribution < 1.29 is 9.53 Å². The highest BCUT2D eigenvalue weighted by atomic mass is 127. The van der Waals surface area contributed by atoms with Gasteiger partial charge < -0.3 is 14.6 Å². The molecule has 5 nitrogen and oxygen atoms in total. The standard InChI is InChI=1S/C12H19I2N3O2/c1-4-6-16-12(2,11(18)19-3)5-7-17-8-15-9(13)10(17)14/h8,16H,4-7H2,1-3H3. The second-order valence-electron chi connectivity index (χ2n) is 4.52. The molecule has 0 saturated carbocycles. The van der Waals surface area contributed by atoms with E-state index in [0.717, 1.165) is 26.9 Å². The monoisotopic (exact) mass is 491 g/mol. The molecule has 1 heterocycles. The van der Waals surface area contributed by atoms with Crippen LogP contribution >= 0.6 is 45.2 Å². The predicted octanol–water partition coefficient (Wildman–Crippen LogP) is 2.41. The van der Waals surface area contributed by atoms with Crippen LogP contribution in [-0.2, 0) is 16.1 Å². The van der Waals surface area contributed by atoms with E-state index in [9.17, 15) is 4.79 Å². The fourth-order valence-electron chi connectivity index (χ4n) is 1.73. The highest BCUT2D eigenvalue weighted by Crippen LogP contribution is 2.18. The molecule has 1 unspecified atom stereocenters. The summed E-state index contributed by atoms with van der Waals surface area (Å²) in [6.07, 6.45) is 3.45. The molecular formula is C12H19I2N3O2. The highest BCUT2D eigenvalue weighted by Gasteiger charge is 2.33. The van der Waals surface area contributed by atoms with E-state index in [-0.39, 0.29) is 5.97 Å². The Hall–Kier alpha value is 0.1000. The quantitative estimate of drug-likeness (QED) is 0.471. The number of hydrogen-bond acceptors (Lipinski definition) is 4.